The fraction of sp³-hybridized carbons (Fsp3) is 0.231. The summed E-state index contributed by atoms with van der Waals surface area (Å²) >= 11 is 6.56. The van der Waals surface area contributed by atoms with Gasteiger partial charge >= 0.3 is 0 Å². The number of carbonyl (C=O) groups is 4. The Bertz CT molecular complexity index is 2170. The molecular formula is C39H31ClN4O7. The highest BCUT2D eigenvalue weighted by Gasteiger charge is 2.70. The van der Waals surface area contributed by atoms with Crippen LogP contribution in [0, 0.1) is 40.7 Å². The van der Waals surface area contributed by atoms with Gasteiger partial charge in [0.05, 0.1) is 39.5 Å². The summed E-state index contributed by atoms with van der Waals surface area (Å²) in [5.74, 6) is -6.32. The Morgan fingerprint density at radius 1 is 0.882 bits per heavy atom. The number of nitro benzene ring substituents is 1. The molecule has 4 aliphatic rings. The van der Waals surface area contributed by atoms with Crippen LogP contribution < -0.4 is 10.3 Å². The zero-order chi connectivity index (χ0) is 35.8. The molecule has 3 fully saturated rings. The van der Waals surface area contributed by atoms with Crippen molar-refractivity contribution in [3.05, 3.63) is 141 Å². The number of fused-ring (bicyclic) bond motifs is 4. The zero-order valence-corrected chi connectivity index (χ0v) is 28.0. The average molecular weight is 703 g/mol. The Morgan fingerprint density at radius 3 is 2.27 bits per heavy atom. The van der Waals surface area contributed by atoms with E-state index in [9.17, 15) is 29.6 Å². The molecule has 12 heteroatoms. The number of phenolic OH excluding ortho intramolecular Hbond substituents is 1. The number of nitro groups is 1. The van der Waals surface area contributed by atoms with Gasteiger partial charge in [-0.15, -0.1) is 0 Å². The molecule has 256 valence electrons. The molecule has 2 N–H and O–H groups in total. The van der Waals surface area contributed by atoms with E-state index < -0.39 is 63.6 Å². The summed E-state index contributed by atoms with van der Waals surface area (Å²) in [6, 6.07) is 26.1. The Labute approximate surface area is 297 Å². The predicted molar refractivity (Wildman–Crippen MR) is 187 cm³/mol. The molecule has 2 heterocycles. The number of phenols is 1. The van der Waals surface area contributed by atoms with E-state index in [0.29, 0.717) is 27.4 Å². The molecule has 4 amide bonds. The SMILES string of the molecule is Cc1ccc(NN2C(=O)[C@@H]3C[C@@H]4C(=CC[C@@H]5C(=O)N(c6ccc([N+](=O)[O-])cc6)C(=O)[C@@H]54)[C@H](c4cc(Cl)ccc4O)[C@]3(c3ccccc3)C2=O)cc1. The number of carbonyl (C=O) groups excluding carboxylic acids is 4. The minimum Gasteiger partial charge on any atom is -0.508 e. The molecule has 51 heavy (non-hydrogen) atoms. The van der Waals surface area contributed by atoms with Gasteiger partial charge in [-0.05, 0) is 73.7 Å². The minimum atomic E-state index is -1.56. The van der Waals surface area contributed by atoms with Crippen LogP contribution in [-0.2, 0) is 24.6 Å². The lowest BCUT2D eigenvalue weighted by molar-refractivity contribution is -0.384. The molecule has 4 aromatic rings. The molecule has 2 aliphatic heterocycles. The number of hydrogen-bond donors (Lipinski definition) is 2. The number of hydrogen-bond acceptors (Lipinski definition) is 8. The Kier molecular flexibility index (Phi) is 7.57. The van der Waals surface area contributed by atoms with Crippen molar-refractivity contribution in [3.8, 4) is 5.75 Å². The number of aryl methyl sites for hydroxylation is 1. The summed E-state index contributed by atoms with van der Waals surface area (Å²) in [7, 11) is 0. The predicted octanol–water partition coefficient (Wildman–Crippen LogP) is 6.45. The fourth-order valence-electron chi connectivity index (χ4n) is 8.83. The molecular weight excluding hydrogens is 672 g/mol. The summed E-state index contributed by atoms with van der Waals surface area (Å²) in [6.45, 7) is 1.93. The van der Waals surface area contributed by atoms with Crippen LogP contribution in [0.4, 0.5) is 17.1 Å². The van der Waals surface area contributed by atoms with E-state index >= 15 is 4.79 Å². The van der Waals surface area contributed by atoms with Crippen LogP contribution in [0.1, 0.15) is 35.4 Å². The number of nitrogens with zero attached hydrogens (tertiary/aromatic N) is 3. The quantitative estimate of drug-likeness (QED) is 0.101. The second-order valence-electron chi connectivity index (χ2n) is 13.6. The fourth-order valence-corrected chi connectivity index (χ4v) is 9.01. The number of rotatable bonds is 6. The van der Waals surface area contributed by atoms with Crippen LogP contribution in [0.25, 0.3) is 0 Å². The number of imide groups is 2. The van der Waals surface area contributed by atoms with Crippen molar-refractivity contribution in [2.24, 2.45) is 23.7 Å². The maximum atomic E-state index is 15.2. The lowest BCUT2D eigenvalue weighted by Crippen LogP contribution is -2.53. The van der Waals surface area contributed by atoms with Crippen molar-refractivity contribution in [1.29, 1.82) is 0 Å². The topological polar surface area (TPSA) is 150 Å². The number of halogens is 1. The van der Waals surface area contributed by atoms with Gasteiger partial charge in [0.1, 0.15) is 5.75 Å². The largest absolute Gasteiger partial charge is 0.508 e. The van der Waals surface area contributed by atoms with Crippen molar-refractivity contribution in [2.45, 2.75) is 31.1 Å². The van der Waals surface area contributed by atoms with E-state index in [1.807, 2.05) is 31.2 Å². The van der Waals surface area contributed by atoms with Crippen LogP contribution in [0.15, 0.2) is 109 Å². The van der Waals surface area contributed by atoms with Crippen LogP contribution in [-0.4, -0.2) is 38.7 Å². The van der Waals surface area contributed by atoms with Crippen molar-refractivity contribution in [1.82, 2.24) is 5.01 Å². The first kappa shape index (κ1) is 32.4. The van der Waals surface area contributed by atoms with Crippen molar-refractivity contribution < 1.29 is 29.2 Å². The molecule has 0 bridgehead atoms. The molecule has 8 rings (SSSR count). The first-order chi connectivity index (χ1) is 24.5. The third-order valence-corrected chi connectivity index (χ3v) is 11.2. The number of non-ortho nitro benzene ring substituents is 1. The van der Waals surface area contributed by atoms with Gasteiger partial charge < -0.3 is 5.11 Å². The third-order valence-electron chi connectivity index (χ3n) is 11.0. The van der Waals surface area contributed by atoms with E-state index in [0.717, 1.165) is 15.5 Å². The van der Waals surface area contributed by atoms with Gasteiger partial charge in [-0.1, -0.05) is 71.3 Å². The van der Waals surface area contributed by atoms with Gasteiger partial charge in [0.15, 0.2) is 0 Å². The van der Waals surface area contributed by atoms with E-state index in [-0.39, 0.29) is 30.0 Å². The summed E-state index contributed by atoms with van der Waals surface area (Å²) < 4.78 is 0. The highest BCUT2D eigenvalue weighted by Crippen LogP contribution is 2.65. The van der Waals surface area contributed by atoms with E-state index in [1.165, 1.54) is 36.4 Å². The highest BCUT2D eigenvalue weighted by atomic mass is 35.5. The molecule has 0 spiro atoms. The summed E-state index contributed by atoms with van der Waals surface area (Å²) in [5, 5.41) is 24.1. The maximum absolute atomic E-state index is 15.2. The van der Waals surface area contributed by atoms with Gasteiger partial charge in [-0.3, -0.25) is 39.6 Å². The van der Waals surface area contributed by atoms with E-state index in [2.05, 4.69) is 5.43 Å². The summed E-state index contributed by atoms with van der Waals surface area (Å²) in [4.78, 5) is 70.1. The van der Waals surface area contributed by atoms with Crippen LogP contribution >= 0.6 is 11.6 Å². The second-order valence-corrected chi connectivity index (χ2v) is 14.0. The number of aromatic hydroxyl groups is 1. The van der Waals surface area contributed by atoms with Gasteiger partial charge in [-0.25, -0.2) is 0 Å². The lowest BCUT2D eigenvalue weighted by Gasteiger charge is -2.50. The average Bonchev–Trinajstić information content (AvgIpc) is 3.51. The van der Waals surface area contributed by atoms with Gasteiger partial charge in [0.2, 0.25) is 11.8 Å². The number of amides is 4. The first-order valence-corrected chi connectivity index (χ1v) is 17.0. The molecule has 4 aromatic carbocycles. The molecule has 1 saturated carbocycles. The molecule has 2 aliphatic carbocycles. The number of hydrazine groups is 1. The smallest absolute Gasteiger partial charge is 0.269 e. The zero-order valence-electron chi connectivity index (χ0n) is 27.2. The highest BCUT2D eigenvalue weighted by molar-refractivity contribution is 6.30. The first-order valence-electron chi connectivity index (χ1n) is 16.6. The van der Waals surface area contributed by atoms with Gasteiger partial charge in [0, 0.05) is 28.6 Å². The molecule has 0 aromatic heterocycles. The van der Waals surface area contributed by atoms with Crippen molar-refractivity contribution in [3.63, 3.8) is 0 Å². The van der Waals surface area contributed by atoms with Crippen molar-refractivity contribution in [2.75, 3.05) is 10.3 Å². The molecule has 11 nitrogen and oxygen atoms in total. The van der Waals surface area contributed by atoms with E-state index in [1.54, 1.807) is 42.5 Å². The lowest BCUT2D eigenvalue weighted by atomic mass is 9.49. The van der Waals surface area contributed by atoms with Crippen LogP contribution in [0.5, 0.6) is 5.75 Å². The van der Waals surface area contributed by atoms with E-state index in [4.69, 9.17) is 11.6 Å². The van der Waals surface area contributed by atoms with Gasteiger partial charge in [-0.2, -0.15) is 5.01 Å². The number of benzene rings is 4. The Balaban J connectivity index is 1.30. The Hall–Kier alpha value is -5.81. The molecule has 2 saturated heterocycles. The van der Waals surface area contributed by atoms with Crippen LogP contribution in [0.3, 0.4) is 0 Å². The van der Waals surface area contributed by atoms with Gasteiger partial charge in [0.25, 0.3) is 17.5 Å². The maximum Gasteiger partial charge on any atom is 0.269 e. The number of nitrogens with one attached hydrogen (secondary N) is 1. The normalized spacial score (nSPS) is 26.8. The molecule has 0 unspecified atom stereocenters. The van der Waals surface area contributed by atoms with Crippen LogP contribution in [0.2, 0.25) is 5.02 Å². The Morgan fingerprint density at radius 2 is 1.59 bits per heavy atom. The number of anilines is 2. The van der Waals surface area contributed by atoms with Crippen molar-refractivity contribution >= 4 is 52.3 Å². The molecule has 0 radical (unpaired) electrons. The number of allylic oxidation sites excluding steroid dienone is 2. The minimum absolute atomic E-state index is 0.0729. The second kappa shape index (κ2) is 11.9. The standard InChI is InChI=1S/C39H31ClN4O7/c1-21-7-10-24(11-8-21)41-43-36(47)31-20-29-27(16-17-28-33(29)37(48)42(35(28)46)25-12-14-26(15-13-25)44(50)51)34(30-19-23(40)9-18-32(30)45)39(31,38(43)49)22-5-3-2-4-6-22/h2-16,18-19,28-29,31,33-34,41,45H,17,20H2,1H3/t28-,29+,31-,33-,34+,39+/m0/s1. The third kappa shape index (κ3) is 4.79. The summed E-state index contributed by atoms with van der Waals surface area (Å²) in [5.41, 5.74) is 4.60. The molecule has 6 atom stereocenters. The monoisotopic (exact) mass is 702 g/mol. The summed E-state index contributed by atoms with van der Waals surface area (Å²) in [6.07, 6.45) is 2.13.